The summed E-state index contributed by atoms with van der Waals surface area (Å²) in [5, 5.41) is 0. The summed E-state index contributed by atoms with van der Waals surface area (Å²) in [6, 6.07) is 7.40. The highest BCUT2D eigenvalue weighted by molar-refractivity contribution is 9.10. The van der Waals surface area contributed by atoms with Gasteiger partial charge >= 0.3 is 0 Å². The molecule has 0 bridgehead atoms. The van der Waals surface area contributed by atoms with Gasteiger partial charge in [-0.3, -0.25) is 9.59 Å². The quantitative estimate of drug-likeness (QED) is 0.831. The van der Waals surface area contributed by atoms with E-state index >= 15 is 0 Å². The number of hydrogen-bond acceptors (Lipinski definition) is 2. The maximum absolute atomic E-state index is 12.4. The van der Waals surface area contributed by atoms with Crippen LogP contribution in [-0.2, 0) is 4.79 Å². The fraction of sp³-hybridized carbons (Fsp3) is 0.467. The molecule has 2 amide bonds. The molecule has 0 atom stereocenters. The Labute approximate surface area is 127 Å². The number of carbonyl (C=O) groups excluding carboxylic acids is 2. The molecule has 0 aliphatic carbocycles. The van der Waals surface area contributed by atoms with E-state index in [1.54, 1.807) is 0 Å². The molecule has 4 nitrogen and oxygen atoms in total. The number of halogens is 1. The molecule has 0 aromatic heterocycles. The maximum atomic E-state index is 12.4. The summed E-state index contributed by atoms with van der Waals surface area (Å²) in [6.45, 7) is 4.58. The molecule has 1 fully saturated rings. The zero-order chi connectivity index (χ0) is 14.5. The molecule has 1 aromatic carbocycles. The highest BCUT2D eigenvalue weighted by atomic mass is 79.9. The summed E-state index contributed by atoms with van der Waals surface area (Å²) in [7, 11) is 0. The lowest BCUT2D eigenvalue weighted by Gasteiger charge is -2.22. The van der Waals surface area contributed by atoms with Crippen LogP contribution in [-0.4, -0.2) is 47.8 Å². The van der Waals surface area contributed by atoms with Gasteiger partial charge in [-0.15, -0.1) is 0 Å². The minimum absolute atomic E-state index is 0.0447. The van der Waals surface area contributed by atoms with Crippen molar-refractivity contribution in [3.8, 4) is 0 Å². The van der Waals surface area contributed by atoms with E-state index in [1.807, 2.05) is 41.0 Å². The van der Waals surface area contributed by atoms with Crippen LogP contribution in [0.25, 0.3) is 0 Å². The second kappa shape index (κ2) is 6.88. The molecule has 0 spiro atoms. The van der Waals surface area contributed by atoms with Crippen molar-refractivity contribution >= 4 is 27.7 Å². The van der Waals surface area contributed by atoms with E-state index in [-0.39, 0.29) is 11.8 Å². The van der Waals surface area contributed by atoms with Gasteiger partial charge in [0.05, 0.1) is 0 Å². The van der Waals surface area contributed by atoms with Crippen LogP contribution >= 0.6 is 15.9 Å². The molecule has 0 N–H and O–H groups in total. The third-order valence-corrected chi connectivity index (χ3v) is 4.06. The highest BCUT2D eigenvalue weighted by Gasteiger charge is 2.21. The summed E-state index contributed by atoms with van der Waals surface area (Å²) in [5.74, 6) is 0.214. The lowest BCUT2D eigenvalue weighted by Crippen LogP contribution is -2.37. The Morgan fingerprint density at radius 1 is 1.05 bits per heavy atom. The number of hydrogen-bond donors (Lipinski definition) is 0. The first-order chi connectivity index (χ1) is 9.61. The Morgan fingerprint density at radius 3 is 2.30 bits per heavy atom. The van der Waals surface area contributed by atoms with Gasteiger partial charge in [-0.25, -0.2) is 0 Å². The van der Waals surface area contributed by atoms with Crippen LogP contribution in [0.5, 0.6) is 0 Å². The molecule has 108 valence electrons. The third-order valence-electron chi connectivity index (χ3n) is 3.53. The van der Waals surface area contributed by atoms with Gasteiger partial charge in [0.25, 0.3) is 5.91 Å². The van der Waals surface area contributed by atoms with E-state index in [2.05, 4.69) is 15.9 Å². The molecular formula is C15H19BrN2O2. The molecule has 1 aliphatic rings. The average Bonchev–Trinajstić information content (AvgIpc) is 2.72. The van der Waals surface area contributed by atoms with E-state index in [0.29, 0.717) is 31.6 Å². The zero-order valence-corrected chi connectivity index (χ0v) is 13.2. The predicted octanol–water partition coefficient (Wildman–Crippen LogP) is 2.53. The van der Waals surface area contributed by atoms with Gasteiger partial charge in [0.15, 0.2) is 0 Å². The monoisotopic (exact) mass is 338 g/mol. The van der Waals surface area contributed by atoms with Crippen LogP contribution in [0, 0.1) is 0 Å². The standard InChI is InChI=1S/C15H19BrN2O2/c1-2-14(19)17-8-3-9-18(11-10-17)15(20)12-4-6-13(16)7-5-12/h4-7H,2-3,8-11H2,1H3. The van der Waals surface area contributed by atoms with Crippen LogP contribution < -0.4 is 0 Å². The number of carbonyl (C=O) groups is 2. The topological polar surface area (TPSA) is 40.6 Å². The van der Waals surface area contributed by atoms with Gasteiger partial charge in [-0.1, -0.05) is 22.9 Å². The van der Waals surface area contributed by atoms with Crippen LogP contribution in [0.3, 0.4) is 0 Å². The third kappa shape index (κ3) is 3.60. The summed E-state index contributed by atoms with van der Waals surface area (Å²) in [6.07, 6.45) is 1.37. The van der Waals surface area contributed by atoms with Crippen molar-refractivity contribution < 1.29 is 9.59 Å². The highest BCUT2D eigenvalue weighted by Crippen LogP contribution is 2.14. The molecule has 0 saturated carbocycles. The van der Waals surface area contributed by atoms with E-state index in [4.69, 9.17) is 0 Å². The molecule has 5 heteroatoms. The summed E-state index contributed by atoms with van der Waals surface area (Å²) < 4.78 is 0.963. The van der Waals surface area contributed by atoms with Crippen LogP contribution in [0.1, 0.15) is 30.1 Å². The predicted molar refractivity (Wildman–Crippen MR) is 81.5 cm³/mol. The lowest BCUT2D eigenvalue weighted by atomic mass is 10.2. The fourth-order valence-electron chi connectivity index (χ4n) is 2.37. The normalized spacial score (nSPS) is 15.9. The van der Waals surface area contributed by atoms with E-state index in [0.717, 1.165) is 17.4 Å². The molecule has 2 rings (SSSR count). The maximum Gasteiger partial charge on any atom is 0.253 e. The molecule has 1 aliphatic heterocycles. The summed E-state index contributed by atoms with van der Waals surface area (Å²) in [5.41, 5.74) is 0.698. The van der Waals surface area contributed by atoms with Gasteiger partial charge in [0.1, 0.15) is 0 Å². The van der Waals surface area contributed by atoms with Crippen molar-refractivity contribution in [2.75, 3.05) is 26.2 Å². The molecule has 0 unspecified atom stereocenters. The van der Waals surface area contributed by atoms with Crippen molar-refractivity contribution in [1.82, 2.24) is 9.80 Å². The summed E-state index contributed by atoms with van der Waals surface area (Å²) in [4.78, 5) is 27.8. The Morgan fingerprint density at radius 2 is 1.65 bits per heavy atom. The van der Waals surface area contributed by atoms with E-state index < -0.39 is 0 Å². The first-order valence-electron chi connectivity index (χ1n) is 6.94. The zero-order valence-electron chi connectivity index (χ0n) is 11.6. The SMILES string of the molecule is CCC(=O)N1CCCN(C(=O)c2ccc(Br)cc2)CC1. The van der Waals surface area contributed by atoms with Crippen molar-refractivity contribution in [2.24, 2.45) is 0 Å². The molecule has 1 saturated heterocycles. The number of amides is 2. The Balaban J connectivity index is 2.01. The van der Waals surface area contributed by atoms with Gasteiger partial charge in [-0.05, 0) is 30.7 Å². The number of rotatable bonds is 2. The van der Waals surface area contributed by atoms with Crippen molar-refractivity contribution in [3.63, 3.8) is 0 Å². The molecular weight excluding hydrogens is 320 g/mol. The Kier molecular flexibility index (Phi) is 5.17. The summed E-state index contributed by atoms with van der Waals surface area (Å²) >= 11 is 3.37. The smallest absolute Gasteiger partial charge is 0.253 e. The van der Waals surface area contributed by atoms with Gasteiger partial charge in [0.2, 0.25) is 5.91 Å². The Bertz CT molecular complexity index is 487. The molecule has 1 heterocycles. The largest absolute Gasteiger partial charge is 0.341 e. The second-order valence-electron chi connectivity index (χ2n) is 4.89. The fourth-order valence-corrected chi connectivity index (χ4v) is 2.63. The Hall–Kier alpha value is -1.36. The van der Waals surface area contributed by atoms with Crippen LogP contribution in [0.15, 0.2) is 28.7 Å². The first kappa shape index (κ1) is 15.0. The number of nitrogens with zero attached hydrogens (tertiary/aromatic N) is 2. The van der Waals surface area contributed by atoms with Gasteiger partial charge < -0.3 is 9.80 Å². The van der Waals surface area contributed by atoms with Crippen molar-refractivity contribution in [1.29, 1.82) is 0 Å². The average molecular weight is 339 g/mol. The van der Waals surface area contributed by atoms with Gasteiger partial charge in [-0.2, -0.15) is 0 Å². The minimum Gasteiger partial charge on any atom is -0.341 e. The molecule has 1 aromatic rings. The van der Waals surface area contributed by atoms with Crippen LogP contribution in [0.4, 0.5) is 0 Å². The van der Waals surface area contributed by atoms with E-state index in [9.17, 15) is 9.59 Å². The molecule has 0 radical (unpaired) electrons. The number of benzene rings is 1. The lowest BCUT2D eigenvalue weighted by molar-refractivity contribution is -0.130. The van der Waals surface area contributed by atoms with Gasteiger partial charge in [0, 0.05) is 42.6 Å². The van der Waals surface area contributed by atoms with Crippen molar-refractivity contribution in [3.05, 3.63) is 34.3 Å². The minimum atomic E-state index is 0.0447. The van der Waals surface area contributed by atoms with Crippen molar-refractivity contribution in [2.45, 2.75) is 19.8 Å². The second-order valence-corrected chi connectivity index (χ2v) is 5.80. The van der Waals surface area contributed by atoms with Crippen LogP contribution in [0.2, 0.25) is 0 Å². The molecule has 20 heavy (non-hydrogen) atoms. The van der Waals surface area contributed by atoms with E-state index in [1.165, 1.54) is 0 Å². The first-order valence-corrected chi connectivity index (χ1v) is 7.73.